The molecule has 0 spiro atoms. The molecule has 0 N–H and O–H groups in total. The van der Waals surface area contributed by atoms with Gasteiger partial charge in [0.2, 0.25) is 0 Å². The lowest BCUT2D eigenvalue weighted by Crippen LogP contribution is -2.71. The molecule has 2 fully saturated rings. The first-order chi connectivity index (χ1) is 8.61. The third-order valence-corrected chi connectivity index (χ3v) is 22.5. The normalized spacial score (nSPS) is 41.8. The summed E-state index contributed by atoms with van der Waals surface area (Å²) in [6, 6.07) is 1.33. The Hall–Kier alpha value is 0.314. The Morgan fingerprint density at radius 3 is 2.32 bits per heavy atom. The smallest absolute Gasteiger partial charge is 0.184 e. The summed E-state index contributed by atoms with van der Waals surface area (Å²) in [5.41, 5.74) is 0.449. The molecule has 0 aromatic rings. The lowest BCUT2D eigenvalue weighted by Gasteiger charge is -2.53. The number of hydrogen-bond acceptors (Lipinski definition) is 3. The van der Waals surface area contributed by atoms with Crippen LogP contribution in [0.25, 0.3) is 0 Å². The van der Waals surface area contributed by atoms with Gasteiger partial charge >= 0.3 is 0 Å². The standard InChI is InChI=1S/C14H30O3Si2/c1-8-12(16-13-11(2)15-13)19(7)10-9-14(3,4)17-18(19,5)6/h11-13H,8-10H2,1-7H3. The van der Waals surface area contributed by atoms with Gasteiger partial charge in [-0.3, -0.25) is 0 Å². The second-order valence-electron chi connectivity index (χ2n) is 7.53. The topological polar surface area (TPSA) is 31.0 Å². The van der Waals surface area contributed by atoms with E-state index in [0.717, 1.165) is 6.42 Å². The zero-order valence-electron chi connectivity index (χ0n) is 13.6. The van der Waals surface area contributed by atoms with Crippen LogP contribution >= 0.6 is 0 Å². The van der Waals surface area contributed by atoms with E-state index in [4.69, 9.17) is 13.9 Å². The molecule has 0 aromatic carbocycles. The van der Waals surface area contributed by atoms with Gasteiger partial charge in [-0.2, -0.15) is 0 Å². The molecule has 2 aliphatic heterocycles. The third-order valence-electron chi connectivity index (χ3n) is 5.19. The summed E-state index contributed by atoms with van der Waals surface area (Å²) >= 11 is 0. The van der Waals surface area contributed by atoms with Crippen LogP contribution in [0.2, 0.25) is 25.7 Å². The van der Waals surface area contributed by atoms with Gasteiger partial charge in [0.05, 0.1) is 11.3 Å². The van der Waals surface area contributed by atoms with Crippen LogP contribution in [-0.4, -0.2) is 39.1 Å². The van der Waals surface area contributed by atoms with Crippen molar-refractivity contribution in [3.63, 3.8) is 0 Å². The van der Waals surface area contributed by atoms with Crippen LogP contribution in [0, 0.1) is 0 Å². The molecule has 2 aliphatic rings. The van der Waals surface area contributed by atoms with Gasteiger partial charge in [0.1, 0.15) is 13.7 Å². The average Bonchev–Trinajstić information content (AvgIpc) is 2.96. The molecule has 0 bridgehead atoms. The molecule has 0 aliphatic carbocycles. The summed E-state index contributed by atoms with van der Waals surface area (Å²) in [5.74, 6) is 0. The van der Waals surface area contributed by atoms with Crippen LogP contribution in [0.15, 0.2) is 0 Å². The maximum Gasteiger partial charge on any atom is 0.184 e. The highest BCUT2D eigenvalue weighted by Gasteiger charge is 2.58. The van der Waals surface area contributed by atoms with Crippen LogP contribution < -0.4 is 0 Å². The molecule has 112 valence electrons. The molecule has 0 aromatic heterocycles. The van der Waals surface area contributed by atoms with E-state index in [9.17, 15) is 0 Å². The van der Waals surface area contributed by atoms with Crippen molar-refractivity contribution < 1.29 is 13.9 Å². The molecule has 3 nitrogen and oxygen atoms in total. The predicted octanol–water partition coefficient (Wildman–Crippen LogP) is 3.63. The quantitative estimate of drug-likeness (QED) is 0.587. The molecular weight excluding hydrogens is 272 g/mol. The second kappa shape index (κ2) is 4.95. The molecule has 5 heteroatoms. The summed E-state index contributed by atoms with van der Waals surface area (Å²) in [7, 11) is -3.19. The summed E-state index contributed by atoms with van der Waals surface area (Å²) in [6.07, 6.45) is 2.61. The van der Waals surface area contributed by atoms with Crippen LogP contribution in [0.3, 0.4) is 0 Å². The van der Waals surface area contributed by atoms with E-state index in [1.54, 1.807) is 0 Å². The van der Waals surface area contributed by atoms with E-state index in [1.807, 2.05) is 0 Å². The van der Waals surface area contributed by atoms with Gasteiger partial charge in [0, 0.05) is 0 Å². The van der Waals surface area contributed by atoms with Gasteiger partial charge < -0.3 is 13.9 Å². The Morgan fingerprint density at radius 1 is 1.32 bits per heavy atom. The minimum atomic E-state index is -1.67. The van der Waals surface area contributed by atoms with E-state index < -0.39 is 15.4 Å². The zero-order chi connectivity index (χ0) is 14.5. The first-order valence-electron chi connectivity index (χ1n) is 7.62. The summed E-state index contributed by atoms with van der Waals surface area (Å²) in [5, 5.41) is 0. The fourth-order valence-corrected chi connectivity index (χ4v) is 16.2. The van der Waals surface area contributed by atoms with Gasteiger partial charge in [0.15, 0.2) is 14.1 Å². The zero-order valence-corrected chi connectivity index (χ0v) is 15.6. The van der Waals surface area contributed by atoms with Gasteiger partial charge in [-0.05, 0) is 46.7 Å². The van der Waals surface area contributed by atoms with Crippen molar-refractivity contribution in [1.29, 1.82) is 0 Å². The summed E-state index contributed by atoms with van der Waals surface area (Å²) < 4.78 is 18.3. The molecule has 2 heterocycles. The van der Waals surface area contributed by atoms with Crippen molar-refractivity contribution in [3.8, 4) is 0 Å². The van der Waals surface area contributed by atoms with Crippen molar-refractivity contribution in [1.82, 2.24) is 0 Å². The maximum absolute atomic E-state index is 6.57. The van der Waals surface area contributed by atoms with Crippen molar-refractivity contribution >= 4 is 15.4 Å². The minimum Gasteiger partial charge on any atom is -0.415 e. The Labute approximate surface area is 119 Å². The fraction of sp³-hybridized carbons (Fsp3) is 1.00. The minimum absolute atomic E-state index is 0.0500. The van der Waals surface area contributed by atoms with E-state index in [-0.39, 0.29) is 18.0 Å². The number of ether oxygens (including phenoxy) is 2. The molecule has 2 saturated heterocycles. The first-order valence-corrected chi connectivity index (χ1v) is 14.3. The number of epoxide rings is 1. The van der Waals surface area contributed by atoms with Gasteiger partial charge in [-0.15, -0.1) is 0 Å². The molecule has 0 amide bonds. The van der Waals surface area contributed by atoms with Gasteiger partial charge in [0.25, 0.3) is 0 Å². The Morgan fingerprint density at radius 2 is 1.89 bits per heavy atom. The molecular formula is C14H30O3Si2. The lowest BCUT2D eigenvalue weighted by atomic mass is 10.1. The van der Waals surface area contributed by atoms with E-state index >= 15 is 0 Å². The van der Waals surface area contributed by atoms with Crippen molar-refractivity contribution in [2.75, 3.05) is 0 Å². The molecule has 0 saturated carbocycles. The number of rotatable bonds is 4. The predicted molar refractivity (Wildman–Crippen MR) is 83.2 cm³/mol. The molecule has 4 unspecified atom stereocenters. The SMILES string of the molecule is CCC(OC1OC1C)[Si]1(C)CCC(C)(C)O[Si]1(C)C. The molecule has 0 radical (unpaired) electrons. The van der Waals surface area contributed by atoms with E-state index in [2.05, 4.69) is 47.3 Å². The van der Waals surface area contributed by atoms with Crippen molar-refractivity contribution in [2.24, 2.45) is 0 Å². The van der Waals surface area contributed by atoms with Gasteiger partial charge in [-0.25, -0.2) is 0 Å². The highest BCUT2D eigenvalue weighted by atomic mass is 29.3. The summed E-state index contributed by atoms with van der Waals surface area (Å²) in [4.78, 5) is 0. The van der Waals surface area contributed by atoms with Crippen molar-refractivity contribution in [3.05, 3.63) is 0 Å². The second-order valence-corrected chi connectivity index (χ2v) is 21.8. The molecule has 19 heavy (non-hydrogen) atoms. The monoisotopic (exact) mass is 302 g/mol. The summed E-state index contributed by atoms with van der Waals surface area (Å²) in [6.45, 7) is 16.1. The van der Waals surface area contributed by atoms with Crippen LogP contribution in [0.4, 0.5) is 0 Å². The van der Waals surface area contributed by atoms with Crippen LogP contribution in [0.5, 0.6) is 0 Å². The average molecular weight is 303 g/mol. The molecule has 4 atom stereocenters. The highest BCUT2D eigenvalue weighted by molar-refractivity contribution is 7.39. The number of hydrogen-bond donors (Lipinski definition) is 0. The lowest BCUT2D eigenvalue weighted by molar-refractivity contribution is 0.0190. The van der Waals surface area contributed by atoms with Crippen LogP contribution in [0.1, 0.15) is 40.5 Å². The fourth-order valence-electron chi connectivity index (χ4n) is 3.44. The largest absolute Gasteiger partial charge is 0.415 e. The van der Waals surface area contributed by atoms with E-state index in [1.165, 1.54) is 12.5 Å². The van der Waals surface area contributed by atoms with E-state index in [0.29, 0.717) is 5.73 Å². The highest BCUT2D eigenvalue weighted by Crippen LogP contribution is 2.43. The Kier molecular flexibility index (Phi) is 4.09. The van der Waals surface area contributed by atoms with Crippen molar-refractivity contribution in [2.45, 2.75) is 89.9 Å². The Balaban J connectivity index is 2.14. The van der Waals surface area contributed by atoms with Crippen LogP contribution in [-0.2, 0) is 13.9 Å². The van der Waals surface area contributed by atoms with Gasteiger partial charge in [-0.1, -0.05) is 19.5 Å². The first kappa shape index (κ1) is 15.7. The third kappa shape index (κ3) is 3.00. The Bertz CT molecular complexity index is 346. The molecule has 2 rings (SSSR count). The maximum atomic E-state index is 6.57.